The molecule has 1 unspecified atom stereocenters. The Labute approximate surface area is 90.7 Å². The number of aryl methyl sites for hydroxylation is 1. The molecule has 0 radical (unpaired) electrons. The van der Waals surface area contributed by atoms with E-state index in [1.165, 1.54) is 5.56 Å². The van der Waals surface area contributed by atoms with Crippen LogP contribution >= 0.6 is 0 Å². The first-order valence-electron chi connectivity index (χ1n) is 5.73. The van der Waals surface area contributed by atoms with Gasteiger partial charge in [0.15, 0.2) is 0 Å². The number of nitrogens with zero attached hydrogens (tertiary/aromatic N) is 1. The monoisotopic (exact) mass is 207 g/mol. The van der Waals surface area contributed by atoms with Gasteiger partial charge in [0.1, 0.15) is 6.17 Å². The van der Waals surface area contributed by atoms with E-state index in [-0.39, 0.29) is 0 Å². The molecule has 82 valence electrons. The van der Waals surface area contributed by atoms with E-state index in [2.05, 4.69) is 18.8 Å². The SMILES string of the molecule is Cc1c(C(C)C)cnc2c1C(F)CCC2. The second-order valence-corrected chi connectivity index (χ2v) is 4.71. The Morgan fingerprint density at radius 3 is 2.87 bits per heavy atom. The second-order valence-electron chi connectivity index (χ2n) is 4.71. The summed E-state index contributed by atoms with van der Waals surface area (Å²) < 4.78 is 13.8. The number of hydrogen-bond acceptors (Lipinski definition) is 1. The van der Waals surface area contributed by atoms with Crippen LogP contribution in [0.2, 0.25) is 0 Å². The molecule has 1 aromatic heterocycles. The highest BCUT2D eigenvalue weighted by Crippen LogP contribution is 2.36. The van der Waals surface area contributed by atoms with Crippen molar-refractivity contribution in [1.82, 2.24) is 4.98 Å². The molecule has 0 aliphatic heterocycles. The third-order valence-electron chi connectivity index (χ3n) is 3.31. The lowest BCUT2D eigenvalue weighted by Gasteiger charge is -2.23. The van der Waals surface area contributed by atoms with Crippen molar-refractivity contribution in [2.75, 3.05) is 0 Å². The molecular formula is C13H18FN. The van der Waals surface area contributed by atoms with Gasteiger partial charge in [-0.2, -0.15) is 0 Å². The predicted molar refractivity (Wildman–Crippen MR) is 59.9 cm³/mol. The summed E-state index contributed by atoms with van der Waals surface area (Å²) in [6, 6.07) is 0. The minimum Gasteiger partial charge on any atom is -0.261 e. The van der Waals surface area contributed by atoms with Crippen molar-refractivity contribution < 1.29 is 4.39 Å². The van der Waals surface area contributed by atoms with Gasteiger partial charge in [0.2, 0.25) is 0 Å². The fourth-order valence-corrected chi connectivity index (χ4v) is 2.48. The van der Waals surface area contributed by atoms with Gasteiger partial charge in [-0.15, -0.1) is 0 Å². The smallest absolute Gasteiger partial charge is 0.127 e. The van der Waals surface area contributed by atoms with Gasteiger partial charge in [0.05, 0.1) is 0 Å². The van der Waals surface area contributed by atoms with Gasteiger partial charge in [0.25, 0.3) is 0 Å². The van der Waals surface area contributed by atoms with E-state index in [9.17, 15) is 4.39 Å². The molecule has 1 nitrogen and oxygen atoms in total. The van der Waals surface area contributed by atoms with Gasteiger partial charge >= 0.3 is 0 Å². The maximum atomic E-state index is 13.8. The Morgan fingerprint density at radius 2 is 2.20 bits per heavy atom. The normalized spacial score (nSPS) is 20.5. The summed E-state index contributed by atoms with van der Waals surface area (Å²) in [6.45, 7) is 6.30. The Morgan fingerprint density at radius 1 is 1.47 bits per heavy atom. The lowest BCUT2D eigenvalue weighted by molar-refractivity contribution is 0.298. The minimum atomic E-state index is -0.792. The highest BCUT2D eigenvalue weighted by atomic mass is 19.1. The van der Waals surface area contributed by atoms with Crippen LogP contribution in [0.4, 0.5) is 4.39 Å². The second kappa shape index (κ2) is 3.92. The first-order chi connectivity index (χ1) is 7.11. The zero-order valence-corrected chi connectivity index (χ0v) is 9.68. The van der Waals surface area contributed by atoms with E-state index in [0.717, 1.165) is 29.7 Å². The molecule has 1 aliphatic carbocycles. The number of fused-ring (bicyclic) bond motifs is 1. The van der Waals surface area contributed by atoms with Crippen molar-refractivity contribution in [3.63, 3.8) is 0 Å². The number of aromatic nitrogens is 1. The van der Waals surface area contributed by atoms with Gasteiger partial charge in [-0.25, -0.2) is 4.39 Å². The van der Waals surface area contributed by atoms with Crippen LogP contribution in [0, 0.1) is 6.92 Å². The zero-order chi connectivity index (χ0) is 11.0. The third-order valence-corrected chi connectivity index (χ3v) is 3.31. The van der Waals surface area contributed by atoms with Gasteiger partial charge in [-0.3, -0.25) is 4.98 Å². The van der Waals surface area contributed by atoms with Crippen LogP contribution in [-0.2, 0) is 6.42 Å². The molecule has 0 aromatic carbocycles. The number of halogens is 1. The van der Waals surface area contributed by atoms with E-state index in [4.69, 9.17) is 0 Å². The first kappa shape index (κ1) is 10.6. The molecule has 1 aromatic rings. The molecule has 0 bridgehead atoms. The zero-order valence-electron chi connectivity index (χ0n) is 9.68. The molecule has 0 spiro atoms. The van der Waals surface area contributed by atoms with Crippen LogP contribution in [0.15, 0.2) is 6.20 Å². The molecule has 1 atom stereocenters. The Kier molecular flexibility index (Phi) is 2.76. The minimum absolute atomic E-state index is 0.428. The van der Waals surface area contributed by atoms with Crippen LogP contribution in [0.1, 0.15) is 61.2 Å². The molecule has 2 rings (SSSR count). The average Bonchev–Trinajstić information content (AvgIpc) is 2.17. The summed E-state index contributed by atoms with van der Waals surface area (Å²) in [7, 11) is 0. The predicted octanol–water partition coefficient (Wildman–Crippen LogP) is 3.86. The van der Waals surface area contributed by atoms with Crippen molar-refractivity contribution in [1.29, 1.82) is 0 Å². The fraction of sp³-hybridized carbons (Fsp3) is 0.615. The van der Waals surface area contributed by atoms with Crippen LogP contribution < -0.4 is 0 Å². The summed E-state index contributed by atoms with van der Waals surface area (Å²) in [4.78, 5) is 4.41. The topological polar surface area (TPSA) is 12.9 Å². The van der Waals surface area contributed by atoms with Crippen LogP contribution in [-0.4, -0.2) is 4.98 Å². The number of rotatable bonds is 1. The molecule has 0 N–H and O–H groups in total. The Hall–Kier alpha value is -0.920. The van der Waals surface area contributed by atoms with E-state index < -0.39 is 6.17 Å². The number of pyridine rings is 1. The lowest BCUT2D eigenvalue weighted by atomic mass is 9.87. The molecule has 1 heterocycles. The summed E-state index contributed by atoms with van der Waals surface area (Å²) in [5.74, 6) is 0.428. The largest absolute Gasteiger partial charge is 0.261 e. The van der Waals surface area contributed by atoms with E-state index in [1.807, 2.05) is 13.1 Å². The van der Waals surface area contributed by atoms with Crippen molar-refractivity contribution in [2.45, 2.75) is 52.1 Å². The lowest BCUT2D eigenvalue weighted by Crippen LogP contribution is -2.12. The van der Waals surface area contributed by atoms with E-state index in [1.54, 1.807) is 0 Å². The van der Waals surface area contributed by atoms with Crippen LogP contribution in [0.5, 0.6) is 0 Å². The quantitative estimate of drug-likeness (QED) is 0.681. The van der Waals surface area contributed by atoms with Crippen molar-refractivity contribution in [3.8, 4) is 0 Å². The van der Waals surface area contributed by atoms with E-state index in [0.29, 0.717) is 12.3 Å². The molecule has 0 fully saturated rings. The fourth-order valence-electron chi connectivity index (χ4n) is 2.48. The highest BCUT2D eigenvalue weighted by Gasteiger charge is 2.24. The summed E-state index contributed by atoms with van der Waals surface area (Å²) in [6.07, 6.45) is 3.67. The third kappa shape index (κ3) is 1.77. The van der Waals surface area contributed by atoms with Gasteiger partial charge in [-0.1, -0.05) is 13.8 Å². The average molecular weight is 207 g/mol. The molecule has 15 heavy (non-hydrogen) atoms. The van der Waals surface area contributed by atoms with Gasteiger partial charge in [-0.05, 0) is 43.2 Å². The Balaban J connectivity index is 2.54. The molecule has 0 saturated heterocycles. The van der Waals surface area contributed by atoms with Crippen molar-refractivity contribution >= 4 is 0 Å². The van der Waals surface area contributed by atoms with Gasteiger partial charge in [0, 0.05) is 17.5 Å². The van der Waals surface area contributed by atoms with Crippen molar-refractivity contribution in [2.24, 2.45) is 0 Å². The molecule has 2 heteroatoms. The highest BCUT2D eigenvalue weighted by molar-refractivity contribution is 5.39. The standard InChI is InChI=1S/C13H18FN/c1-8(2)10-7-15-12-6-4-5-11(14)13(12)9(10)3/h7-8,11H,4-6H2,1-3H3. The maximum absolute atomic E-state index is 13.8. The number of alkyl halides is 1. The van der Waals surface area contributed by atoms with E-state index >= 15 is 0 Å². The summed E-state index contributed by atoms with van der Waals surface area (Å²) >= 11 is 0. The molecule has 0 amide bonds. The first-order valence-corrected chi connectivity index (χ1v) is 5.73. The molecular weight excluding hydrogens is 189 g/mol. The Bertz CT molecular complexity index is 371. The summed E-state index contributed by atoms with van der Waals surface area (Å²) in [5.41, 5.74) is 4.18. The summed E-state index contributed by atoms with van der Waals surface area (Å²) in [5, 5.41) is 0. The maximum Gasteiger partial charge on any atom is 0.127 e. The number of hydrogen-bond donors (Lipinski definition) is 0. The van der Waals surface area contributed by atoms with Crippen molar-refractivity contribution in [3.05, 3.63) is 28.6 Å². The van der Waals surface area contributed by atoms with Crippen LogP contribution in [0.3, 0.4) is 0 Å². The molecule has 1 aliphatic rings. The van der Waals surface area contributed by atoms with Crippen LogP contribution in [0.25, 0.3) is 0 Å². The van der Waals surface area contributed by atoms with Gasteiger partial charge < -0.3 is 0 Å². The molecule has 0 saturated carbocycles.